The molecule has 7 heteroatoms. The van der Waals surface area contributed by atoms with Crippen molar-refractivity contribution in [3.63, 3.8) is 0 Å². The van der Waals surface area contributed by atoms with Gasteiger partial charge in [0.05, 0.1) is 12.0 Å². The van der Waals surface area contributed by atoms with E-state index in [1.54, 1.807) is 19.1 Å². The van der Waals surface area contributed by atoms with Gasteiger partial charge < -0.3 is 15.0 Å². The SMILES string of the molecule is COC(=O)c1ccc(-c2nc(C(=O)NCc3ccccc3)c(C)[nH]2)s1. The van der Waals surface area contributed by atoms with Crippen molar-refractivity contribution in [2.24, 2.45) is 0 Å². The molecule has 128 valence electrons. The molecule has 1 aromatic carbocycles. The summed E-state index contributed by atoms with van der Waals surface area (Å²) in [6.07, 6.45) is 0. The number of esters is 1. The highest BCUT2D eigenvalue weighted by Gasteiger charge is 2.18. The lowest BCUT2D eigenvalue weighted by Crippen LogP contribution is -2.23. The molecule has 1 amide bonds. The maximum Gasteiger partial charge on any atom is 0.348 e. The van der Waals surface area contributed by atoms with Gasteiger partial charge in [-0.15, -0.1) is 11.3 Å². The number of amides is 1. The molecule has 0 spiro atoms. The molecular weight excluding hydrogens is 338 g/mol. The molecule has 2 aromatic heterocycles. The number of hydrogen-bond acceptors (Lipinski definition) is 5. The van der Waals surface area contributed by atoms with E-state index in [1.807, 2.05) is 30.3 Å². The molecule has 0 radical (unpaired) electrons. The fraction of sp³-hybridized carbons (Fsp3) is 0.167. The predicted molar refractivity (Wildman–Crippen MR) is 95.6 cm³/mol. The van der Waals surface area contributed by atoms with E-state index in [1.165, 1.54) is 18.4 Å². The zero-order chi connectivity index (χ0) is 17.8. The number of aromatic amines is 1. The van der Waals surface area contributed by atoms with Gasteiger partial charge in [-0.05, 0) is 24.6 Å². The molecule has 0 saturated carbocycles. The van der Waals surface area contributed by atoms with Gasteiger partial charge >= 0.3 is 5.97 Å². The number of nitrogens with one attached hydrogen (secondary N) is 2. The van der Waals surface area contributed by atoms with Crippen molar-refractivity contribution in [3.05, 3.63) is 64.3 Å². The van der Waals surface area contributed by atoms with Crippen LogP contribution in [0.2, 0.25) is 0 Å². The number of aryl methyl sites for hydroxylation is 1. The van der Waals surface area contributed by atoms with Crippen molar-refractivity contribution < 1.29 is 14.3 Å². The normalized spacial score (nSPS) is 10.5. The Labute approximate surface area is 148 Å². The molecular formula is C18H17N3O3S. The second-order valence-electron chi connectivity index (χ2n) is 5.38. The van der Waals surface area contributed by atoms with Crippen LogP contribution in [0, 0.1) is 6.92 Å². The summed E-state index contributed by atoms with van der Waals surface area (Å²) in [5.74, 6) is -0.0727. The molecule has 0 bridgehead atoms. The third-order valence-corrected chi connectivity index (χ3v) is 4.69. The summed E-state index contributed by atoms with van der Waals surface area (Å²) >= 11 is 1.26. The highest BCUT2D eigenvalue weighted by molar-refractivity contribution is 7.17. The Bertz CT molecular complexity index is 899. The first-order valence-corrected chi connectivity index (χ1v) is 8.47. The minimum absolute atomic E-state index is 0.242. The average molecular weight is 355 g/mol. The minimum Gasteiger partial charge on any atom is -0.465 e. The molecule has 6 nitrogen and oxygen atoms in total. The number of imidazole rings is 1. The Kier molecular flexibility index (Phi) is 4.95. The van der Waals surface area contributed by atoms with Gasteiger partial charge in [-0.1, -0.05) is 30.3 Å². The van der Waals surface area contributed by atoms with Gasteiger partial charge in [0, 0.05) is 12.2 Å². The largest absolute Gasteiger partial charge is 0.465 e. The molecule has 3 aromatic rings. The highest BCUT2D eigenvalue weighted by atomic mass is 32.1. The summed E-state index contributed by atoms with van der Waals surface area (Å²) in [6, 6.07) is 13.1. The van der Waals surface area contributed by atoms with Crippen LogP contribution in [0.1, 0.15) is 31.4 Å². The third kappa shape index (κ3) is 3.77. The van der Waals surface area contributed by atoms with Crippen molar-refractivity contribution in [1.82, 2.24) is 15.3 Å². The fourth-order valence-corrected chi connectivity index (χ4v) is 3.20. The molecule has 0 fully saturated rings. The van der Waals surface area contributed by atoms with Gasteiger partial charge in [-0.25, -0.2) is 9.78 Å². The van der Waals surface area contributed by atoms with Crippen LogP contribution in [0.4, 0.5) is 0 Å². The number of benzene rings is 1. The Morgan fingerprint density at radius 2 is 1.96 bits per heavy atom. The zero-order valence-electron chi connectivity index (χ0n) is 13.8. The highest BCUT2D eigenvalue weighted by Crippen LogP contribution is 2.27. The number of hydrogen-bond donors (Lipinski definition) is 2. The van der Waals surface area contributed by atoms with Gasteiger partial charge in [-0.2, -0.15) is 0 Å². The predicted octanol–water partition coefficient (Wildman–Crippen LogP) is 3.16. The van der Waals surface area contributed by atoms with Crippen LogP contribution >= 0.6 is 11.3 Å². The smallest absolute Gasteiger partial charge is 0.348 e. The first-order chi connectivity index (χ1) is 12.1. The van der Waals surface area contributed by atoms with Crippen molar-refractivity contribution in [3.8, 4) is 10.7 Å². The Hall–Kier alpha value is -2.93. The summed E-state index contributed by atoms with van der Waals surface area (Å²) in [7, 11) is 1.34. The van der Waals surface area contributed by atoms with Gasteiger partial charge in [0.15, 0.2) is 0 Å². The van der Waals surface area contributed by atoms with Gasteiger partial charge in [-0.3, -0.25) is 4.79 Å². The number of rotatable bonds is 5. The van der Waals surface area contributed by atoms with Crippen LogP contribution in [-0.2, 0) is 11.3 Å². The fourth-order valence-electron chi connectivity index (χ4n) is 2.34. The van der Waals surface area contributed by atoms with Crippen molar-refractivity contribution >= 4 is 23.2 Å². The maximum absolute atomic E-state index is 12.4. The number of thiophene rings is 1. The molecule has 3 rings (SSSR count). The van der Waals surface area contributed by atoms with E-state index in [9.17, 15) is 9.59 Å². The molecule has 0 aliphatic rings. The molecule has 0 aliphatic carbocycles. The maximum atomic E-state index is 12.4. The number of carbonyl (C=O) groups excluding carboxylic acids is 2. The van der Waals surface area contributed by atoms with Gasteiger partial charge in [0.2, 0.25) is 0 Å². The Morgan fingerprint density at radius 1 is 1.20 bits per heavy atom. The topological polar surface area (TPSA) is 84.1 Å². The molecule has 0 unspecified atom stereocenters. The van der Waals surface area contributed by atoms with E-state index in [0.717, 1.165) is 10.4 Å². The molecule has 2 N–H and O–H groups in total. The lowest BCUT2D eigenvalue weighted by Gasteiger charge is -2.03. The molecule has 0 atom stereocenters. The van der Waals surface area contributed by atoms with E-state index in [0.29, 0.717) is 28.6 Å². The first kappa shape index (κ1) is 16.9. The van der Waals surface area contributed by atoms with E-state index in [4.69, 9.17) is 4.74 Å². The second-order valence-corrected chi connectivity index (χ2v) is 6.47. The van der Waals surface area contributed by atoms with Crippen LogP contribution in [0.15, 0.2) is 42.5 Å². The molecule has 0 saturated heterocycles. The van der Waals surface area contributed by atoms with E-state index >= 15 is 0 Å². The van der Waals surface area contributed by atoms with E-state index in [2.05, 4.69) is 15.3 Å². The Morgan fingerprint density at radius 3 is 2.68 bits per heavy atom. The summed E-state index contributed by atoms with van der Waals surface area (Å²) in [5, 5.41) is 2.86. The lowest BCUT2D eigenvalue weighted by molar-refractivity contribution is 0.0606. The average Bonchev–Trinajstić information content (AvgIpc) is 3.26. The van der Waals surface area contributed by atoms with Crippen LogP contribution < -0.4 is 5.32 Å². The van der Waals surface area contributed by atoms with Crippen molar-refractivity contribution in [2.45, 2.75) is 13.5 Å². The van der Waals surface area contributed by atoms with Crippen LogP contribution in [0.5, 0.6) is 0 Å². The lowest BCUT2D eigenvalue weighted by atomic mass is 10.2. The number of aromatic nitrogens is 2. The summed E-state index contributed by atoms with van der Waals surface area (Å²) < 4.78 is 4.70. The number of carbonyl (C=O) groups is 2. The monoisotopic (exact) mass is 355 g/mol. The van der Waals surface area contributed by atoms with Crippen LogP contribution in [-0.4, -0.2) is 29.0 Å². The van der Waals surface area contributed by atoms with Crippen molar-refractivity contribution in [1.29, 1.82) is 0 Å². The summed E-state index contributed by atoms with van der Waals surface area (Å²) in [6.45, 7) is 2.23. The molecule has 2 heterocycles. The number of nitrogens with zero attached hydrogens (tertiary/aromatic N) is 1. The zero-order valence-corrected chi connectivity index (χ0v) is 14.6. The van der Waals surface area contributed by atoms with Gasteiger partial charge in [0.25, 0.3) is 5.91 Å². The number of H-pyrrole nitrogens is 1. The minimum atomic E-state index is -0.389. The third-order valence-electron chi connectivity index (χ3n) is 3.62. The Balaban J connectivity index is 1.74. The summed E-state index contributed by atoms with van der Waals surface area (Å²) in [4.78, 5) is 32.7. The summed E-state index contributed by atoms with van der Waals surface area (Å²) in [5.41, 5.74) is 2.04. The standard InChI is InChI=1S/C18H17N3O3S/c1-11-15(17(22)19-10-12-6-4-3-5-7-12)21-16(20-11)13-8-9-14(25-13)18(23)24-2/h3-9H,10H2,1-2H3,(H,19,22)(H,20,21). The number of ether oxygens (including phenoxy) is 1. The first-order valence-electron chi connectivity index (χ1n) is 7.65. The second kappa shape index (κ2) is 7.31. The van der Waals surface area contributed by atoms with E-state index < -0.39 is 0 Å². The molecule has 0 aliphatic heterocycles. The van der Waals surface area contributed by atoms with E-state index in [-0.39, 0.29) is 11.9 Å². The van der Waals surface area contributed by atoms with Crippen LogP contribution in [0.3, 0.4) is 0 Å². The quantitative estimate of drug-likeness (QED) is 0.689. The van der Waals surface area contributed by atoms with Crippen molar-refractivity contribution in [2.75, 3.05) is 7.11 Å². The molecule has 25 heavy (non-hydrogen) atoms. The van der Waals surface area contributed by atoms with Gasteiger partial charge in [0.1, 0.15) is 16.4 Å². The number of methoxy groups -OCH3 is 1. The van der Waals surface area contributed by atoms with Crippen LogP contribution in [0.25, 0.3) is 10.7 Å².